The van der Waals surface area contributed by atoms with Crippen LogP contribution >= 0.6 is 11.6 Å². The molecule has 3 aromatic rings. The molecule has 51 heavy (non-hydrogen) atoms. The number of fused-ring (bicyclic) bond motifs is 4. The van der Waals surface area contributed by atoms with Gasteiger partial charge >= 0.3 is 5.97 Å². The summed E-state index contributed by atoms with van der Waals surface area (Å²) in [7, 11) is 0. The summed E-state index contributed by atoms with van der Waals surface area (Å²) in [6.07, 6.45) is 12.3. The Labute approximate surface area is 307 Å². The number of aliphatic carboxylic acids is 1. The smallest absolute Gasteiger partial charge is 0.329 e. The normalized spacial score (nSPS) is 29.0. The quantitative estimate of drug-likeness (QED) is 0.216. The van der Waals surface area contributed by atoms with Gasteiger partial charge in [-0.1, -0.05) is 31.5 Å². The lowest BCUT2D eigenvalue weighted by Crippen LogP contribution is -2.53. The Morgan fingerprint density at radius 1 is 1.12 bits per heavy atom. The first-order chi connectivity index (χ1) is 24.7. The number of carbonyl (C=O) groups is 1. The predicted molar refractivity (Wildman–Crippen MR) is 200 cm³/mol. The van der Waals surface area contributed by atoms with Crippen LogP contribution in [0.1, 0.15) is 99.9 Å². The molecule has 0 bridgehead atoms. The van der Waals surface area contributed by atoms with Crippen molar-refractivity contribution in [3.63, 3.8) is 0 Å². The fraction of sp³-hybridized carbons (Fsp3) is 0.571. The highest BCUT2D eigenvalue weighted by Gasteiger charge is 2.54. The highest BCUT2D eigenvalue weighted by molar-refractivity contribution is 6.30. The zero-order chi connectivity index (χ0) is 35.2. The molecule has 4 atom stereocenters. The molecule has 1 aromatic heterocycles. The molecule has 0 unspecified atom stereocenters. The molecule has 2 aromatic carbocycles. The van der Waals surface area contributed by atoms with E-state index in [0.29, 0.717) is 48.8 Å². The van der Waals surface area contributed by atoms with Crippen LogP contribution in [0.2, 0.25) is 5.02 Å². The second-order valence-electron chi connectivity index (χ2n) is 16.2. The van der Waals surface area contributed by atoms with Gasteiger partial charge in [0.2, 0.25) is 0 Å². The third-order valence-corrected chi connectivity index (χ3v) is 13.0. The zero-order valence-electron chi connectivity index (χ0n) is 30.1. The summed E-state index contributed by atoms with van der Waals surface area (Å²) in [6, 6.07) is 13.9. The van der Waals surface area contributed by atoms with Crippen molar-refractivity contribution in [3.05, 3.63) is 76.1 Å². The number of carboxylic acids is 1. The number of anilines is 1. The summed E-state index contributed by atoms with van der Waals surface area (Å²) in [5, 5.41) is 14.7. The van der Waals surface area contributed by atoms with Crippen molar-refractivity contribution in [2.24, 2.45) is 11.8 Å². The van der Waals surface area contributed by atoms with Crippen LogP contribution in [0.5, 0.6) is 17.2 Å². The van der Waals surface area contributed by atoms with Crippen molar-refractivity contribution in [2.75, 3.05) is 38.2 Å². The fourth-order valence-electron chi connectivity index (χ4n) is 10.1. The molecule has 2 fully saturated rings. The molecule has 0 amide bonds. The molecule has 5 aliphatic rings. The number of likely N-dealkylation sites (tertiary alicyclic amines) is 1. The molecule has 3 heterocycles. The molecule has 2 N–H and O–H groups in total. The van der Waals surface area contributed by atoms with Crippen molar-refractivity contribution >= 4 is 23.3 Å². The number of carboxylic acid groups (broad SMARTS) is 1. The third kappa shape index (κ3) is 6.79. The molecule has 272 valence electrons. The summed E-state index contributed by atoms with van der Waals surface area (Å²) >= 11 is 6.31. The standard InChI is InChI=1S/C42H52ClN3O5/c1-27(25-49-36-11-16-44-35-10-5-7-28(2)39(35)36)19-30-20-29-21-37-38(51-33(26-50-37)24-46-17-3-4-18-46)23-34(29)41(30)12-14-42(15-13-41,40(47)48)45-32-9-6-8-31(43)22-32/h6,8-9,11,16,21-23,27-28,30,33,45H,3-5,7,10,12-15,17-20,24-26H2,1-2H3,(H,47,48)/t27-,28-,30+,33-,41?,42?/m1/s1. The van der Waals surface area contributed by atoms with Crippen LogP contribution in [0, 0.1) is 11.8 Å². The number of rotatable bonds is 10. The van der Waals surface area contributed by atoms with Gasteiger partial charge in [0.05, 0.1) is 6.61 Å². The van der Waals surface area contributed by atoms with Crippen molar-refractivity contribution in [3.8, 4) is 17.2 Å². The van der Waals surface area contributed by atoms with Gasteiger partial charge in [-0.25, -0.2) is 4.79 Å². The van der Waals surface area contributed by atoms with E-state index in [9.17, 15) is 9.90 Å². The summed E-state index contributed by atoms with van der Waals surface area (Å²) in [6.45, 7) is 8.94. The number of benzene rings is 2. The SMILES string of the molecule is C[C@@H](COc1ccnc2c1[C@H](C)CCC2)C[C@H]1Cc2cc3c(cc2C12CCC(Nc1cccc(Cl)c1)(C(=O)O)CC2)O[C@H](CN1CCCC1)CO3. The predicted octanol–water partition coefficient (Wildman–Crippen LogP) is 8.44. The Kier molecular flexibility index (Phi) is 9.60. The van der Waals surface area contributed by atoms with Crippen LogP contribution in [-0.2, 0) is 23.1 Å². The molecule has 1 saturated carbocycles. The molecular formula is C42H52ClN3O5. The molecule has 9 heteroatoms. The van der Waals surface area contributed by atoms with Crippen molar-refractivity contribution in [1.29, 1.82) is 0 Å². The van der Waals surface area contributed by atoms with Crippen molar-refractivity contribution in [2.45, 2.75) is 107 Å². The second-order valence-corrected chi connectivity index (χ2v) is 16.6. The molecule has 1 spiro atoms. The van der Waals surface area contributed by atoms with E-state index in [4.69, 9.17) is 25.8 Å². The second kappa shape index (κ2) is 14.1. The number of ether oxygens (including phenoxy) is 3. The highest BCUT2D eigenvalue weighted by atomic mass is 35.5. The maximum atomic E-state index is 13.0. The van der Waals surface area contributed by atoms with E-state index < -0.39 is 11.5 Å². The van der Waals surface area contributed by atoms with Crippen molar-refractivity contribution in [1.82, 2.24) is 9.88 Å². The van der Waals surface area contributed by atoms with Crippen LogP contribution < -0.4 is 19.5 Å². The van der Waals surface area contributed by atoms with Gasteiger partial charge in [0.15, 0.2) is 11.5 Å². The van der Waals surface area contributed by atoms with E-state index in [1.807, 2.05) is 36.5 Å². The summed E-state index contributed by atoms with van der Waals surface area (Å²) < 4.78 is 19.6. The van der Waals surface area contributed by atoms with E-state index >= 15 is 0 Å². The first-order valence-electron chi connectivity index (χ1n) is 19.3. The van der Waals surface area contributed by atoms with Gasteiger partial charge in [-0.15, -0.1) is 0 Å². The van der Waals surface area contributed by atoms with Gasteiger partial charge in [-0.05, 0) is 154 Å². The Hall–Kier alpha value is -3.49. The minimum absolute atomic E-state index is 0.00790. The molecule has 2 aliphatic heterocycles. The van der Waals surface area contributed by atoms with Crippen LogP contribution in [0.4, 0.5) is 5.69 Å². The van der Waals surface area contributed by atoms with Crippen LogP contribution in [0.3, 0.4) is 0 Å². The Bertz CT molecular complexity index is 1750. The van der Waals surface area contributed by atoms with E-state index in [-0.39, 0.29) is 11.5 Å². The summed E-state index contributed by atoms with van der Waals surface area (Å²) in [4.78, 5) is 20.2. The summed E-state index contributed by atoms with van der Waals surface area (Å²) in [5.41, 5.74) is 4.63. The number of nitrogens with one attached hydrogen (secondary N) is 1. The lowest BCUT2D eigenvalue weighted by atomic mass is 9.59. The number of halogens is 1. The van der Waals surface area contributed by atoms with Crippen LogP contribution in [0.15, 0.2) is 48.7 Å². The van der Waals surface area contributed by atoms with Crippen LogP contribution in [-0.4, -0.2) is 65.5 Å². The van der Waals surface area contributed by atoms with Crippen molar-refractivity contribution < 1.29 is 24.1 Å². The first-order valence-corrected chi connectivity index (χ1v) is 19.7. The number of aromatic nitrogens is 1. The molecule has 0 radical (unpaired) electrons. The van der Waals surface area contributed by atoms with E-state index in [2.05, 4.69) is 41.2 Å². The van der Waals surface area contributed by atoms with Gasteiger partial charge in [0, 0.05) is 34.7 Å². The van der Waals surface area contributed by atoms with E-state index in [0.717, 1.165) is 74.7 Å². The average molecular weight is 714 g/mol. The Morgan fingerprint density at radius 3 is 2.73 bits per heavy atom. The lowest BCUT2D eigenvalue weighted by Gasteiger charge is -2.47. The largest absolute Gasteiger partial charge is 0.493 e. The zero-order valence-corrected chi connectivity index (χ0v) is 30.9. The Balaban J connectivity index is 1.05. The minimum Gasteiger partial charge on any atom is -0.493 e. The van der Waals surface area contributed by atoms with Gasteiger partial charge in [0.25, 0.3) is 0 Å². The van der Waals surface area contributed by atoms with Gasteiger partial charge in [0.1, 0.15) is 24.0 Å². The fourth-order valence-corrected chi connectivity index (χ4v) is 10.2. The minimum atomic E-state index is -1.07. The first kappa shape index (κ1) is 34.6. The number of nitrogens with zero attached hydrogens (tertiary/aromatic N) is 2. The molecule has 3 aliphatic carbocycles. The molecule has 8 rings (SSSR count). The van der Waals surface area contributed by atoms with Crippen LogP contribution in [0.25, 0.3) is 0 Å². The maximum Gasteiger partial charge on any atom is 0.329 e. The van der Waals surface area contributed by atoms with Gasteiger partial charge < -0.3 is 24.6 Å². The molecule has 8 nitrogen and oxygen atoms in total. The monoisotopic (exact) mass is 713 g/mol. The molecular weight excluding hydrogens is 662 g/mol. The number of hydrogen-bond donors (Lipinski definition) is 2. The van der Waals surface area contributed by atoms with Gasteiger partial charge in [-0.2, -0.15) is 0 Å². The van der Waals surface area contributed by atoms with Gasteiger partial charge in [-0.3, -0.25) is 9.88 Å². The maximum absolute atomic E-state index is 13.0. The third-order valence-electron chi connectivity index (χ3n) is 12.7. The lowest BCUT2D eigenvalue weighted by molar-refractivity contribution is -0.144. The molecule has 1 saturated heterocycles. The topological polar surface area (TPSA) is 93.2 Å². The van der Waals surface area contributed by atoms with E-state index in [1.54, 1.807) is 0 Å². The number of aryl methyl sites for hydroxylation is 1. The highest BCUT2D eigenvalue weighted by Crippen LogP contribution is 2.58. The number of hydrogen-bond acceptors (Lipinski definition) is 7. The summed E-state index contributed by atoms with van der Waals surface area (Å²) in [5.74, 6) is 2.98. The average Bonchev–Trinajstić information content (AvgIpc) is 3.73. The number of pyridine rings is 1. The van der Waals surface area contributed by atoms with E-state index in [1.165, 1.54) is 48.1 Å². The Morgan fingerprint density at radius 2 is 1.94 bits per heavy atom.